The molecule has 1 heterocycles. The SMILES string of the molecule is C=C(C)c1cc(NC(=O)Nc2ccc(Cl)cc2)n(-c2cccc(C(=O)O)c2)n1. The van der Waals surface area contributed by atoms with Gasteiger partial charge in [-0.25, -0.2) is 14.3 Å². The Bertz CT molecular complexity index is 1060. The molecular weight excluding hydrogens is 380 g/mol. The molecule has 0 aliphatic carbocycles. The molecular formula is C20H17ClN4O3. The Morgan fingerprint density at radius 2 is 1.82 bits per heavy atom. The molecule has 2 amide bonds. The summed E-state index contributed by atoms with van der Waals surface area (Å²) in [7, 11) is 0. The van der Waals surface area contributed by atoms with Gasteiger partial charge in [-0.15, -0.1) is 0 Å². The zero-order chi connectivity index (χ0) is 20.3. The molecule has 2 aromatic carbocycles. The smallest absolute Gasteiger partial charge is 0.335 e. The summed E-state index contributed by atoms with van der Waals surface area (Å²) in [4.78, 5) is 23.6. The third kappa shape index (κ3) is 4.39. The third-order valence-corrected chi connectivity index (χ3v) is 4.08. The highest BCUT2D eigenvalue weighted by Gasteiger charge is 2.14. The van der Waals surface area contributed by atoms with Gasteiger partial charge in [0.05, 0.1) is 16.9 Å². The summed E-state index contributed by atoms with van der Waals surface area (Å²) in [5.74, 6) is -0.684. The molecule has 0 aliphatic rings. The Hall–Kier alpha value is -3.58. The number of nitrogens with one attached hydrogen (secondary N) is 2. The highest BCUT2D eigenvalue weighted by molar-refractivity contribution is 6.30. The van der Waals surface area contributed by atoms with E-state index in [9.17, 15) is 14.7 Å². The molecule has 0 spiro atoms. The average molecular weight is 397 g/mol. The van der Waals surface area contributed by atoms with E-state index in [4.69, 9.17) is 11.6 Å². The van der Waals surface area contributed by atoms with Crippen molar-refractivity contribution in [2.45, 2.75) is 6.92 Å². The number of halogens is 1. The first-order valence-electron chi connectivity index (χ1n) is 8.27. The van der Waals surface area contributed by atoms with Gasteiger partial charge in [0.2, 0.25) is 0 Å². The van der Waals surface area contributed by atoms with Crippen molar-refractivity contribution in [1.29, 1.82) is 0 Å². The maximum atomic E-state index is 12.4. The molecule has 0 saturated heterocycles. The van der Waals surface area contributed by atoms with Crippen LogP contribution in [0.3, 0.4) is 0 Å². The van der Waals surface area contributed by atoms with E-state index in [1.165, 1.54) is 16.8 Å². The minimum absolute atomic E-state index is 0.112. The van der Waals surface area contributed by atoms with Crippen LogP contribution in [0.4, 0.5) is 16.3 Å². The van der Waals surface area contributed by atoms with Gasteiger partial charge in [-0.05, 0) is 55.0 Å². The Morgan fingerprint density at radius 3 is 2.46 bits per heavy atom. The summed E-state index contributed by atoms with van der Waals surface area (Å²) in [5.41, 5.74) is 2.45. The van der Waals surface area contributed by atoms with Gasteiger partial charge in [0.1, 0.15) is 5.82 Å². The standard InChI is InChI=1S/C20H17ClN4O3/c1-12(2)17-11-18(23-20(28)22-15-8-6-14(21)7-9-15)25(24-17)16-5-3-4-13(10-16)19(26)27/h3-11H,1H2,2H3,(H,26,27)(H2,22,23,28). The summed E-state index contributed by atoms with van der Waals surface area (Å²) >= 11 is 5.84. The van der Waals surface area contributed by atoms with Crippen LogP contribution < -0.4 is 10.6 Å². The Balaban J connectivity index is 1.90. The van der Waals surface area contributed by atoms with Gasteiger partial charge in [0, 0.05) is 16.8 Å². The van der Waals surface area contributed by atoms with Crippen LogP contribution >= 0.6 is 11.6 Å². The van der Waals surface area contributed by atoms with Crippen molar-refractivity contribution in [3.63, 3.8) is 0 Å². The van der Waals surface area contributed by atoms with Crippen LogP contribution in [0.2, 0.25) is 5.02 Å². The second-order valence-corrected chi connectivity index (χ2v) is 6.48. The topological polar surface area (TPSA) is 96.2 Å². The van der Waals surface area contributed by atoms with Crippen molar-refractivity contribution < 1.29 is 14.7 Å². The molecule has 3 aromatic rings. The lowest BCUT2D eigenvalue weighted by atomic mass is 10.2. The number of carbonyl (C=O) groups is 2. The average Bonchev–Trinajstić information content (AvgIpc) is 3.07. The molecule has 8 heteroatoms. The van der Waals surface area contributed by atoms with Crippen molar-refractivity contribution >= 4 is 40.7 Å². The lowest BCUT2D eigenvalue weighted by Crippen LogP contribution is -2.21. The van der Waals surface area contributed by atoms with E-state index in [0.717, 1.165) is 0 Å². The van der Waals surface area contributed by atoms with E-state index >= 15 is 0 Å². The number of urea groups is 1. The van der Waals surface area contributed by atoms with E-state index in [0.29, 0.717) is 33.5 Å². The number of amides is 2. The van der Waals surface area contributed by atoms with Gasteiger partial charge in [-0.3, -0.25) is 5.32 Å². The molecule has 28 heavy (non-hydrogen) atoms. The molecule has 0 saturated carbocycles. The van der Waals surface area contributed by atoms with Gasteiger partial charge in [-0.2, -0.15) is 5.10 Å². The number of carboxylic acids is 1. The zero-order valence-corrected chi connectivity index (χ0v) is 15.7. The highest BCUT2D eigenvalue weighted by Crippen LogP contribution is 2.22. The number of hydrogen-bond donors (Lipinski definition) is 3. The number of carboxylic acid groups (broad SMARTS) is 1. The van der Waals surface area contributed by atoms with Crippen LogP contribution in [0.1, 0.15) is 23.0 Å². The molecule has 0 radical (unpaired) electrons. The number of anilines is 2. The summed E-state index contributed by atoms with van der Waals surface area (Å²) in [6.45, 7) is 5.65. The van der Waals surface area contributed by atoms with Gasteiger partial charge >= 0.3 is 12.0 Å². The number of carbonyl (C=O) groups excluding carboxylic acids is 1. The Kier molecular flexibility index (Phi) is 5.47. The first-order valence-corrected chi connectivity index (χ1v) is 8.64. The maximum Gasteiger partial charge on any atom is 0.335 e. The van der Waals surface area contributed by atoms with Gasteiger partial charge in [0.15, 0.2) is 0 Å². The van der Waals surface area contributed by atoms with E-state index in [-0.39, 0.29) is 5.56 Å². The Labute approximate surface area is 166 Å². The first kappa shape index (κ1) is 19.2. The molecule has 142 valence electrons. The van der Waals surface area contributed by atoms with Crippen LogP contribution in [0.5, 0.6) is 0 Å². The largest absolute Gasteiger partial charge is 0.478 e. The molecule has 0 aliphatic heterocycles. The second-order valence-electron chi connectivity index (χ2n) is 6.05. The second kappa shape index (κ2) is 7.98. The molecule has 0 atom stereocenters. The molecule has 0 bridgehead atoms. The molecule has 0 unspecified atom stereocenters. The maximum absolute atomic E-state index is 12.4. The predicted molar refractivity (Wildman–Crippen MR) is 109 cm³/mol. The highest BCUT2D eigenvalue weighted by atomic mass is 35.5. The monoisotopic (exact) mass is 396 g/mol. The minimum Gasteiger partial charge on any atom is -0.478 e. The van der Waals surface area contributed by atoms with E-state index in [2.05, 4.69) is 22.3 Å². The van der Waals surface area contributed by atoms with Crippen molar-refractivity contribution in [2.24, 2.45) is 0 Å². The number of aromatic nitrogens is 2. The lowest BCUT2D eigenvalue weighted by molar-refractivity contribution is 0.0697. The summed E-state index contributed by atoms with van der Waals surface area (Å²) < 4.78 is 1.46. The van der Waals surface area contributed by atoms with Crippen molar-refractivity contribution in [1.82, 2.24) is 9.78 Å². The van der Waals surface area contributed by atoms with Crippen LogP contribution in [0.15, 0.2) is 61.2 Å². The Morgan fingerprint density at radius 1 is 1.11 bits per heavy atom. The van der Waals surface area contributed by atoms with Crippen LogP contribution in [-0.2, 0) is 0 Å². The van der Waals surface area contributed by atoms with Gasteiger partial charge in [-0.1, -0.05) is 24.2 Å². The molecule has 0 fully saturated rings. The summed E-state index contributed by atoms with van der Waals surface area (Å²) in [5, 5.41) is 19.6. The van der Waals surface area contributed by atoms with Crippen molar-refractivity contribution in [2.75, 3.05) is 10.6 Å². The van der Waals surface area contributed by atoms with E-state index in [1.807, 2.05) is 0 Å². The number of benzene rings is 2. The number of rotatable bonds is 5. The van der Waals surface area contributed by atoms with Crippen LogP contribution in [-0.4, -0.2) is 26.9 Å². The number of nitrogens with zero attached hydrogens (tertiary/aromatic N) is 2. The minimum atomic E-state index is -1.05. The fraction of sp³-hybridized carbons (Fsp3) is 0.0500. The fourth-order valence-electron chi connectivity index (χ4n) is 2.46. The van der Waals surface area contributed by atoms with E-state index in [1.54, 1.807) is 49.4 Å². The third-order valence-electron chi connectivity index (χ3n) is 3.83. The summed E-state index contributed by atoms with van der Waals surface area (Å²) in [6, 6.07) is 14.1. The lowest BCUT2D eigenvalue weighted by Gasteiger charge is -2.10. The zero-order valence-electron chi connectivity index (χ0n) is 14.9. The van der Waals surface area contributed by atoms with Crippen LogP contribution in [0.25, 0.3) is 11.3 Å². The summed E-state index contributed by atoms with van der Waals surface area (Å²) in [6.07, 6.45) is 0. The van der Waals surface area contributed by atoms with E-state index < -0.39 is 12.0 Å². The molecule has 3 rings (SSSR count). The van der Waals surface area contributed by atoms with Gasteiger partial charge < -0.3 is 10.4 Å². The number of allylic oxidation sites excluding steroid dienone is 1. The number of hydrogen-bond acceptors (Lipinski definition) is 3. The predicted octanol–water partition coefficient (Wildman–Crippen LogP) is 4.90. The molecule has 7 nitrogen and oxygen atoms in total. The number of aromatic carboxylic acids is 1. The quantitative estimate of drug-likeness (QED) is 0.571. The van der Waals surface area contributed by atoms with Crippen molar-refractivity contribution in [3.05, 3.63) is 77.5 Å². The fourth-order valence-corrected chi connectivity index (χ4v) is 2.58. The normalized spacial score (nSPS) is 10.4. The first-order chi connectivity index (χ1) is 13.3. The molecule has 1 aromatic heterocycles. The van der Waals surface area contributed by atoms with Crippen LogP contribution in [0, 0.1) is 0 Å². The molecule has 3 N–H and O–H groups in total. The van der Waals surface area contributed by atoms with Crippen molar-refractivity contribution in [3.8, 4) is 5.69 Å². The van der Waals surface area contributed by atoms with Gasteiger partial charge in [0.25, 0.3) is 0 Å².